The van der Waals surface area contributed by atoms with E-state index in [1.807, 2.05) is 0 Å². The first kappa shape index (κ1) is 15.6. The lowest BCUT2D eigenvalue weighted by Gasteiger charge is -2.14. The number of carboxylic acids is 2. The molecule has 1 unspecified atom stereocenters. The summed E-state index contributed by atoms with van der Waals surface area (Å²) in [6, 6.07) is -0.273. The number of nitro benzene ring substituents is 1. The fourth-order valence-corrected chi connectivity index (χ4v) is 1.53. The molecule has 0 heterocycles. The maximum Gasteiger partial charge on any atom is 0.326 e. The number of carboxylic acid groups (broad SMARTS) is 2. The van der Waals surface area contributed by atoms with Gasteiger partial charge in [-0.2, -0.15) is 0 Å². The van der Waals surface area contributed by atoms with Crippen LogP contribution in [0.5, 0.6) is 0 Å². The Morgan fingerprint density at radius 2 is 2.05 bits per heavy atom. The Bertz CT molecular complexity index is 579. The summed E-state index contributed by atoms with van der Waals surface area (Å²) in [4.78, 5) is 31.2. The van der Waals surface area contributed by atoms with Gasteiger partial charge in [-0.05, 0) is 6.07 Å². The Labute approximate surface area is 115 Å². The zero-order valence-electron chi connectivity index (χ0n) is 9.67. The number of nitrogens with one attached hydrogen (secondary N) is 1. The lowest BCUT2D eigenvalue weighted by atomic mass is 10.1. The van der Waals surface area contributed by atoms with Gasteiger partial charge in [-0.3, -0.25) is 14.9 Å². The fraction of sp³-hybridized carbons (Fsp3) is 0.200. The monoisotopic (exact) mass is 306 g/mol. The molecule has 1 aromatic rings. The Balaban J connectivity index is 3.17. The van der Waals surface area contributed by atoms with Gasteiger partial charge in [0, 0.05) is 0 Å². The van der Waals surface area contributed by atoms with Crippen molar-refractivity contribution in [3.8, 4) is 0 Å². The van der Waals surface area contributed by atoms with Crippen LogP contribution >= 0.6 is 11.6 Å². The molecular weight excluding hydrogens is 299 g/mol. The number of anilines is 1. The predicted octanol–water partition coefficient (Wildman–Crippen LogP) is 1.73. The van der Waals surface area contributed by atoms with E-state index in [4.69, 9.17) is 21.8 Å². The van der Waals surface area contributed by atoms with Crippen molar-refractivity contribution in [2.45, 2.75) is 12.5 Å². The largest absolute Gasteiger partial charge is 0.481 e. The van der Waals surface area contributed by atoms with Gasteiger partial charge in [-0.15, -0.1) is 0 Å². The summed E-state index contributed by atoms with van der Waals surface area (Å²) in [6.45, 7) is 0. The number of nitrogens with zero attached hydrogens (tertiary/aromatic N) is 1. The molecule has 0 spiro atoms. The molecule has 1 atom stereocenters. The number of hydrogen-bond acceptors (Lipinski definition) is 5. The van der Waals surface area contributed by atoms with E-state index in [0.29, 0.717) is 6.07 Å². The molecule has 0 bridgehead atoms. The molecule has 20 heavy (non-hydrogen) atoms. The molecule has 0 fully saturated rings. The van der Waals surface area contributed by atoms with E-state index in [1.54, 1.807) is 0 Å². The van der Waals surface area contributed by atoms with Gasteiger partial charge >= 0.3 is 11.9 Å². The Morgan fingerprint density at radius 3 is 2.50 bits per heavy atom. The molecular formula is C10H8ClFN2O6. The van der Waals surface area contributed by atoms with Crippen molar-refractivity contribution in [3.05, 3.63) is 33.1 Å². The minimum atomic E-state index is -1.62. The lowest BCUT2D eigenvalue weighted by Crippen LogP contribution is -2.32. The molecule has 10 heteroatoms. The SMILES string of the molecule is O=C(O)CC(Nc1cc(Cl)c(F)cc1[N+](=O)[O-])C(=O)O. The minimum absolute atomic E-state index is 0.380. The molecule has 1 aromatic carbocycles. The average molecular weight is 307 g/mol. The third kappa shape index (κ3) is 3.79. The highest BCUT2D eigenvalue weighted by atomic mass is 35.5. The Morgan fingerprint density at radius 1 is 1.45 bits per heavy atom. The van der Waals surface area contributed by atoms with Gasteiger partial charge in [0.15, 0.2) is 0 Å². The number of nitro groups is 1. The summed E-state index contributed by atoms with van der Waals surface area (Å²) in [5.74, 6) is -3.99. The van der Waals surface area contributed by atoms with Crippen molar-refractivity contribution in [1.82, 2.24) is 0 Å². The van der Waals surface area contributed by atoms with E-state index in [2.05, 4.69) is 5.32 Å². The van der Waals surface area contributed by atoms with E-state index in [1.165, 1.54) is 0 Å². The highest BCUT2D eigenvalue weighted by molar-refractivity contribution is 6.31. The maximum atomic E-state index is 13.2. The number of rotatable bonds is 6. The third-order valence-corrected chi connectivity index (χ3v) is 2.53. The van der Waals surface area contributed by atoms with Crippen molar-refractivity contribution < 1.29 is 29.1 Å². The van der Waals surface area contributed by atoms with Crippen molar-refractivity contribution in [2.24, 2.45) is 0 Å². The first-order valence-electron chi connectivity index (χ1n) is 5.07. The van der Waals surface area contributed by atoms with Gasteiger partial charge in [0.1, 0.15) is 17.5 Å². The van der Waals surface area contributed by atoms with E-state index in [9.17, 15) is 24.1 Å². The van der Waals surface area contributed by atoms with Crippen LogP contribution in [0.25, 0.3) is 0 Å². The van der Waals surface area contributed by atoms with Crippen LogP contribution in [-0.2, 0) is 9.59 Å². The molecule has 108 valence electrons. The van der Waals surface area contributed by atoms with Gasteiger partial charge in [0.05, 0.1) is 22.4 Å². The second-order valence-electron chi connectivity index (χ2n) is 3.67. The van der Waals surface area contributed by atoms with Gasteiger partial charge in [-0.25, -0.2) is 9.18 Å². The minimum Gasteiger partial charge on any atom is -0.481 e. The molecule has 0 aliphatic heterocycles. The van der Waals surface area contributed by atoms with Crippen molar-refractivity contribution in [1.29, 1.82) is 0 Å². The number of hydrogen-bond donors (Lipinski definition) is 3. The number of aliphatic carboxylic acids is 2. The number of halogens is 2. The predicted molar refractivity (Wildman–Crippen MR) is 65.4 cm³/mol. The summed E-state index contributed by atoms with van der Waals surface area (Å²) in [6.07, 6.45) is -0.818. The first-order chi connectivity index (χ1) is 9.22. The molecule has 0 radical (unpaired) electrons. The molecule has 0 saturated heterocycles. The first-order valence-corrected chi connectivity index (χ1v) is 5.44. The molecule has 3 N–H and O–H groups in total. The van der Waals surface area contributed by atoms with Crippen LogP contribution in [0.4, 0.5) is 15.8 Å². The molecule has 0 aliphatic rings. The zero-order chi connectivity index (χ0) is 15.4. The Hall–Kier alpha value is -2.42. The summed E-state index contributed by atoms with van der Waals surface area (Å²) in [5.41, 5.74) is -1.13. The topological polar surface area (TPSA) is 130 Å². The molecule has 0 aromatic heterocycles. The second kappa shape index (κ2) is 6.15. The Kier molecular flexibility index (Phi) is 4.81. The quantitative estimate of drug-likeness (QED) is 0.539. The van der Waals surface area contributed by atoms with E-state index < -0.39 is 45.9 Å². The molecule has 8 nitrogen and oxygen atoms in total. The van der Waals surface area contributed by atoms with Gasteiger partial charge in [0.2, 0.25) is 0 Å². The van der Waals surface area contributed by atoms with Crippen LogP contribution in [0, 0.1) is 15.9 Å². The summed E-state index contributed by atoms with van der Waals surface area (Å²) >= 11 is 5.46. The van der Waals surface area contributed by atoms with Crippen LogP contribution in [0.1, 0.15) is 6.42 Å². The van der Waals surface area contributed by atoms with E-state index >= 15 is 0 Å². The highest BCUT2D eigenvalue weighted by Crippen LogP contribution is 2.31. The molecule has 0 amide bonds. The van der Waals surface area contributed by atoms with Gasteiger partial charge in [0.25, 0.3) is 5.69 Å². The zero-order valence-corrected chi connectivity index (χ0v) is 10.4. The van der Waals surface area contributed by atoms with Crippen molar-refractivity contribution in [3.63, 3.8) is 0 Å². The summed E-state index contributed by atoms with van der Waals surface area (Å²) < 4.78 is 13.2. The standard InChI is InChI=1S/C10H8ClFN2O6/c11-4-1-6(8(14(19)20)2-5(4)12)13-7(10(17)18)3-9(15)16/h1-2,7,13H,3H2,(H,15,16)(H,17,18). The normalized spacial score (nSPS) is 11.7. The second-order valence-corrected chi connectivity index (χ2v) is 4.08. The molecule has 0 saturated carbocycles. The van der Waals surface area contributed by atoms with Gasteiger partial charge < -0.3 is 15.5 Å². The van der Waals surface area contributed by atoms with Crippen LogP contribution in [-0.4, -0.2) is 33.1 Å². The third-order valence-electron chi connectivity index (χ3n) is 2.24. The molecule has 0 aliphatic carbocycles. The van der Waals surface area contributed by atoms with E-state index in [-0.39, 0.29) is 5.69 Å². The van der Waals surface area contributed by atoms with Crippen LogP contribution in [0.2, 0.25) is 5.02 Å². The van der Waals surface area contributed by atoms with Crippen LogP contribution in [0.3, 0.4) is 0 Å². The number of carbonyl (C=O) groups is 2. The van der Waals surface area contributed by atoms with Crippen molar-refractivity contribution in [2.75, 3.05) is 5.32 Å². The lowest BCUT2D eigenvalue weighted by molar-refractivity contribution is -0.384. The summed E-state index contributed by atoms with van der Waals surface area (Å²) in [7, 11) is 0. The average Bonchev–Trinajstić information content (AvgIpc) is 2.31. The van der Waals surface area contributed by atoms with E-state index in [0.717, 1.165) is 6.07 Å². The van der Waals surface area contributed by atoms with Gasteiger partial charge in [-0.1, -0.05) is 11.6 Å². The van der Waals surface area contributed by atoms with Crippen LogP contribution < -0.4 is 5.32 Å². The highest BCUT2D eigenvalue weighted by Gasteiger charge is 2.25. The van der Waals surface area contributed by atoms with Crippen LogP contribution in [0.15, 0.2) is 12.1 Å². The molecule has 1 rings (SSSR count). The fourth-order valence-electron chi connectivity index (χ4n) is 1.37. The van der Waals surface area contributed by atoms with Crippen molar-refractivity contribution >= 4 is 34.9 Å². The summed E-state index contributed by atoms with van der Waals surface area (Å²) in [5, 5.41) is 29.8. The smallest absolute Gasteiger partial charge is 0.326 e. The number of benzene rings is 1. The maximum absolute atomic E-state index is 13.2.